The van der Waals surface area contributed by atoms with Gasteiger partial charge in [0.1, 0.15) is 5.75 Å². The van der Waals surface area contributed by atoms with Crippen molar-refractivity contribution in [3.8, 4) is 5.75 Å². The fourth-order valence-corrected chi connectivity index (χ4v) is 2.63. The zero-order valence-corrected chi connectivity index (χ0v) is 15.1. The maximum absolute atomic E-state index is 12.4. The normalized spacial score (nSPS) is 13.5. The van der Waals surface area contributed by atoms with Gasteiger partial charge in [-0.05, 0) is 36.4 Å². The summed E-state index contributed by atoms with van der Waals surface area (Å²) in [6, 6.07) is 11.6. The third kappa shape index (κ3) is 4.52. The van der Waals surface area contributed by atoms with Crippen molar-refractivity contribution in [3.05, 3.63) is 54.4 Å². The van der Waals surface area contributed by atoms with Crippen LogP contribution in [0.4, 0.5) is 5.69 Å². The monoisotopic (exact) mass is 369 g/mol. The van der Waals surface area contributed by atoms with Crippen LogP contribution in [0.3, 0.4) is 0 Å². The van der Waals surface area contributed by atoms with E-state index < -0.39 is 0 Å². The Balaban J connectivity index is 0.00000144. The summed E-state index contributed by atoms with van der Waals surface area (Å²) in [5.41, 5.74) is 1.81. The highest BCUT2D eigenvalue weighted by atomic mass is 35.5. The number of nitrogens with zero attached hydrogens (tertiary/aromatic N) is 3. The summed E-state index contributed by atoms with van der Waals surface area (Å²) in [6.45, 7) is 3.11. The number of carbonyl (C=O) groups excluding carboxylic acids is 1. The molecule has 0 radical (unpaired) electrons. The maximum Gasteiger partial charge on any atom is 0.255 e. The molecule has 0 N–H and O–H groups in total. The summed E-state index contributed by atoms with van der Waals surface area (Å²) in [7, 11) is 1.66. The predicted molar refractivity (Wildman–Crippen MR) is 99.8 cm³/mol. The molecule has 1 aromatic carbocycles. The third-order valence-corrected chi connectivity index (χ3v) is 3.91. The lowest BCUT2D eigenvalue weighted by Gasteiger charge is -2.36. The molecule has 0 saturated carbocycles. The second-order valence-electron chi connectivity index (χ2n) is 5.22. The van der Waals surface area contributed by atoms with Crippen LogP contribution in [0.1, 0.15) is 10.4 Å². The van der Waals surface area contributed by atoms with E-state index >= 15 is 0 Å². The van der Waals surface area contributed by atoms with Crippen molar-refractivity contribution >= 4 is 36.4 Å². The Morgan fingerprint density at radius 3 is 2.25 bits per heavy atom. The number of halogens is 2. The van der Waals surface area contributed by atoms with E-state index in [0.717, 1.165) is 37.6 Å². The highest BCUT2D eigenvalue weighted by Gasteiger charge is 2.22. The van der Waals surface area contributed by atoms with Crippen LogP contribution in [0, 0.1) is 0 Å². The fraction of sp³-hybridized carbons (Fsp3) is 0.294. The number of aromatic nitrogens is 1. The topological polar surface area (TPSA) is 45.7 Å². The zero-order chi connectivity index (χ0) is 15.4. The average molecular weight is 370 g/mol. The van der Waals surface area contributed by atoms with Crippen LogP contribution in [0.15, 0.2) is 48.8 Å². The number of pyridine rings is 1. The summed E-state index contributed by atoms with van der Waals surface area (Å²) in [4.78, 5) is 20.6. The first kappa shape index (κ1) is 20.1. The van der Waals surface area contributed by atoms with Crippen LogP contribution in [0.5, 0.6) is 5.75 Å². The molecule has 2 aromatic rings. The lowest BCUT2D eigenvalue weighted by Crippen LogP contribution is -2.48. The van der Waals surface area contributed by atoms with E-state index in [4.69, 9.17) is 4.74 Å². The predicted octanol–water partition coefficient (Wildman–Crippen LogP) is 2.90. The first-order chi connectivity index (χ1) is 10.8. The van der Waals surface area contributed by atoms with Gasteiger partial charge in [-0.2, -0.15) is 0 Å². The van der Waals surface area contributed by atoms with Gasteiger partial charge in [0.25, 0.3) is 5.91 Å². The molecule has 130 valence electrons. The van der Waals surface area contributed by atoms with Crippen LogP contribution >= 0.6 is 24.8 Å². The van der Waals surface area contributed by atoms with Crippen molar-refractivity contribution < 1.29 is 9.53 Å². The number of hydrogen-bond acceptors (Lipinski definition) is 4. The number of amides is 1. The third-order valence-electron chi connectivity index (χ3n) is 3.91. The van der Waals surface area contributed by atoms with Crippen molar-refractivity contribution in [1.29, 1.82) is 0 Å². The summed E-state index contributed by atoms with van der Waals surface area (Å²) in [6.07, 6.45) is 3.30. The summed E-state index contributed by atoms with van der Waals surface area (Å²) >= 11 is 0. The number of anilines is 1. The molecule has 7 heteroatoms. The molecule has 0 bridgehead atoms. The Morgan fingerprint density at radius 2 is 1.71 bits per heavy atom. The molecule has 24 heavy (non-hydrogen) atoms. The lowest BCUT2D eigenvalue weighted by atomic mass is 10.2. The van der Waals surface area contributed by atoms with Gasteiger partial charge in [0.2, 0.25) is 0 Å². The van der Waals surface area contributed by atoms with Crippen LogP contribution in [-0.4, -0.2) is 49.1 Å². The zero-order valence-electron chi connectivity index (χ0n) is 13.4. The van der Waals surface area contributed by atoms with Crippen LogP contribution in [-0.2, 0) is 0 Å². The minimum Gasteiger partial charge on any atom is -0.497 e. The van der Waals surface area contributed by atoms with Crippen molar-refractivity contribution in [2.45, 2.75) is 0 Å². The highest BCUT2D eigenvalue weighted by molar-refractivity contribution is 5.94. The molecule has 1 amide bonds. The fourth-order valence-electron chi connectivity index (χ4n) is 2.63. The molecule has 0 unspecified atom stereocenters. The van der Waals surface area contributed by atoms with E-state index in [-0.39, 0.29) is 30.7 Å². The van der Waals surface area contributed by atoms with Crippen LogP contribution in [0.25, 0.3) is 0 Å². The first-order valence-corrected chi connectivity index (χ1v) is 7.36. The maximum atomic E-state index is 12.4. The van der Waals surface area contributed by atoms with Gasteiger partial charge in [-0.25, -0.2) is 0 Å². The summed E-state index contributed by atoms with van der Waals surface area (Å²) < 4.78 is 5.18. The molecule has 1 aliphatic rings. The summed E-state index contributed by atoms with van der Waals surface area (Å²) in [5, 5.41) is 0. The van der Waals surface area contributed by atoms with Crippen molar-refractivity contribution in [3.63, 3.8) is 0 Å². The Bertz CT molecular complexity index is 630. The van der Waals surface area contributed by atoms with Crippen molar-refractivity contribution in [2.24, 2.45) is 0 Å². The standard InChI is InChI=1S/C17H19N3O2.2ClH/c1-22-16-6-4-15(5-7-16)19-9-11-20(12-10-19)17(21)14-3-2-8-18-13-14;;/h2-8,13H,9-12H2,1H3;2*1H. The van der Waals surface area contributed by atoms with E-state index in [2.05, 4.69) is 22.0 Å². The Hall–Kier alpha value is -1.98. The first-order valence-electron chi connectivity index (χ1n) is 7.36. The van der Waals surface area contributed by atoms with Gasteiger partial charge in [-0.3, -0.25) is 9.78 Å². The Labute approximate surface area is 154 Å². The molecule has 1 aromatic heterocycles. The molecule has 0 aliphatic carbocycles. The highest BCUT2D eigenvalue weighted by Crippen LogP contribution is 2.20. The Kier molecular flexibility index (Phi) is 7.82. The molecular weight excluding hydrogens is 349 g/mol. The van der Waals surface area contributed by atoms with Crippen LogP contribution in [0.2, 0.25) is 0 Å². The molecule has 0 atom stereocenters. The molecule has 1 saturated heterocycles. The molecule has 0 spiro atoms. The van der Waals surface area contributed by atoms with Gasteiger partial charge < -0.3 is 14.5 Å². The number of benzene rings is 1. The lowest BCUT2D eigenvalue weighted by molar-refractivity contribution is 0.0746. The van der Waals surface area contributed by atoms with E-state index in [1.165, 1.54) is 0 Å². The van der Waals surface area contributed by atoms with Gasteiger partial charge in [0.05, 0.1) is 12.7 Å². The van der Waals surface area contributed by atoms with Gasteiger partial charge in [0.15, 0.2) is 0 Å². The quantitative estimate of drug-likeness (QED) is 0.834. The number of rotatable bonds is 3. The van der Waals surface area contributed by atoms with Gasteiger partial charge in [-0.1, -0.05) is 0 Å². The molecular formula is C17H21Cl2N3O2. The van der Waals surface area contributed by atoms with Gasteiger partial charge in [0, 0.05) is 44.3 Å². The minimum absolute atomic E-state index is 0. The van der Waals surface area contributed by atoms with Crippen molar-refractivity contribution in [2.75, 3.05) is 38.2 Å². The number of carbonyl (C=O) groups is 1. The number of ether oxygens (including phenoxy) is 1. The van der Waals surface area contributed by atoms with E-state index in [9.17, 15) is 4.79 Å². The van der Waals surface area contributed by atoms with Crippen molar-refractivity contribution in [1.82, 2.24) is 9.88 Å². The van der Waals surface area contributed by atoms with E-state index in [1.54, 1.807) is 25.6 Å². The number of piperazine rings is 1. The average Bonchev–Trinajstić information content (AvgIpc) is 2.62. The second kappa shape index (κ2) is 9.35. The minimum atomic E-state index is 0. The van der Waals surface area contributed by atoms with E-state index in [1.807, 2.05) is 23.1 Å². The number of hydrogen-bond donors (Lipinski definition) is 0. The molecule has 1 aliphatic heterocycles. The number of methoxy groups -OCH3 is 1. The largest absolute Gasteiger partial charge is 0.497 e. The second-order valence-corrected chi connectivity index (χ2v) is 5.22. The summed E-state index contributed by atoms with van der Waals surface area (Å²) in [5.74, 6) is 0.914. The SMILES string of the molecule is COc1ccc(N2CCN(C(=O)c3cccnc3)CC2)cc1.Cl.Cl. The van der Waals surface area contributed by atoms with Gasteiger partial charge in [-0.15, -0.1) is 24.8 Å². The molecule has 2 heterocycles. The Morgan fingerprint density at radius 1 is 1.04 bits per heavy atom. The molecule has 1 fully saturated rings. The van der Waals surface area contributed by atoms with Crippen LogP contribution < -0.4 is 9.64 Å². The molecule has 5 nitrogen and oxygen atoms in total. The smallest absolute Gasteiger partial charge is 0.255 e. The molecule has 3 rings (SSSR count). The van der Waals surface area contributed by atoms with Gasteiger partial charge >= 0.3 is 0 Å². The van der Waals surface area contributed by atoms with E-state index in [0.29, 0.717) is 5.56 Å².